The first-order valence-electron chi connectivity index (χ1n) is 14.0. The molecular formula is C31H40N8O2. The second-order valence-corrected chi connectivity index (χ2v) is 10.0. The standard InChI is InChI=1S/C31H40N8O2/c1-4-31(40)37-27-18-28(35-12-9-25(36-21-33)22-7-8-23(20-32)26(17-22)34-2)30(41-3)19-29(27)39-15-10-24(11-16-39)38-13-5-6-14-38/h4,7-9,12,17-21,24,32-35H,1,5-6,10-11,13-16H2,2-3H3,(H,37,40)/b12-9+,32-20?,33-21?,36-25+. The Kier molecular flexibility index (Phi) is 10.3. The smallest absolute Gasteiger partial charge is 0.247 e. The Labute approximate surface area is 242 Å². The average Bonchev–Trinajstić information content (AvgIpc) is 3.55. The fraction of sp³-hybridized carbons (Fsp3) is 0.355. The van der Waals surface area contributed by atoms with Gasteiger partial charge in [-0.3, -0.25) is 10.2 Å². The predicted octanol–water partition coefficient (Wildman–Crippen LogP) is 4.95. The summed E-state index contributed by atoms with van der Waals surface area (Å²) in [6, 6.07) is 10.0. The molecule has 2 fully saturated rings. The average molecular weight is 557 g/mol. The number of hydrogen-bond donors (Lipinski definition) is 5. The van der Waals surface area contributed by atoms with Gasteiger partial charge in [0.25, 0.3) is 0 Å². The highest BCUT2D eigenvalue weighted by molar-refractivity contribution is 6.12. The number of aliphatic imine (C=N–C) groups is 1. The maximum atomic E-state index is 12.4. The number of hydrogen-bond acceptors (Lipinski definition) is 8. The van der Waals surface area contributed by atoms with Gasteiger partial charge < -0.3 is 35.9 Å². The van der Waals surface area contributed by atoms with Gasteiger partial charge >= 0.3 is 0 Å². The van der Waals surface area contributed by atoms with Crippen LogP contribution in [0.3, 0.4) is 0 Å². The summed E-state index contributed by atoms with van der Waals surface area (Å²) >= 11 is 0. The molecule has 0 bridgehead atoms. The Morgan fingerprint density at radius 1 is 1.07 bits per heavy atom. The number of rotatable bonds is 12. The van der Waals surface area contributed by atoms with Gasteiger partial charge in [0.05, 0.1) is 29.9 Å². The van der Waals surface area contributed by atoms with E-state index in [1.54, 1.807) is 26.4 Å². The summed E-state index contributed by atoms with van der Waals surface area (Å²) in [5, 5.41) is 24.4. The lowest BCUT2D eigenvalue weighted by molar-refractivity contribution is -0.111. The summed E-state index contributed by atoms with van der Waals surface area (Å²) in [6.45, 7) is 7.83. The number of amides is 1. The maximum absolute atomic E-state index is 12.4. The van der Waals surface area contributed by atoms with E-state index in [9.17, 15) is 4.79 Å². The van der Waals surface area contributed by atoms with Crippen molar-refractivity contribution in [2.75, 3.05) is 61.2 Å². The van der Waals surface area contributed by atoms with Gasteiger partial charge in [0.1, 0.15) is 12.1 Å². The quantitative estimate of drug-likeness (QED) is 0.143. The fourth-order valence-corrected chi connectivity index (χ4v) is 5.53. The van der Waals surface area contributed by atoms with E-state index in [4.69, 9.17) is 15.6 Å². The molecule has 0 atom stereocenters. The Morgan fingerprint density at radius 3 is 2.46 bits per heavy atom. The van der Waals surface area contributed by atoms with Crippen LogP contribution in [0, 0.1) is 10.8 Å². The van der Waals surface area contributed by atoms with Crippen LogP contribution in [0.5, 0.6) is 5.75 Å². The van der Waals surface area contributed by atoms with Gasteiger partial charge in [0.15, 0.2) is 0 Å². The molecule has 2 aliphatic rings. The van der Waals surface area contributed by atoms with E-state index in [1.807, 2.05) is 30.3 Å². The lowest BCUT2D eigenvalue weighted by atomic mass is 10.0. The molecule has 0 radical (unpaired) electrons. The highest BCUT2D eigenvalue weighted by Crippen LogP contribution is 2.39. The number of methoxy groups -OCH3 is 1. The summed E-state index contributed by atoms with van der Waals surface area (Å²) in [4.78, 5) is 21.5. The van der Waals surface area contributed by atoms with Crippen LogP contribution >= 0.6 is 0 Å². The van der Waals surface area contributed by atoms with Crippen molar-refractivity contribution in [3.05, 3.63) is 66.4 Å². The Balaban J connectivity index is 1.57. The molecule has 0 aromatic heterocycles. The first-order chi connectivity index (χ1) is 20.0. The van der Waals surface area contributed by atoms with Crippen molar-refractivity contribution in [3.63, 3.8) is 0 Å². The van der Waals surface area contributed by atoms with Crippen molar-refractivity contribution in [2.24, 2.45) is 4.99 Å². The van der Waals surface area contributed by atoms with Gasteiger partial charge in [-0.05, 0) is 63.1 Å². The first kappa shape index (κ1) is 29.5. The number of ether oxygens (including phenoxy) is 1. The Morgan fingerprint density at radius 2 is 1.83 bits per heavy atom. The molecule has 10 heteroatoms. The van der Waals surface area contributed by atoms with E-state index in [-0.39, 0.29) is 5.91 Å². The van der Waals surface area contributed by atoms with Crippen LogP contribution in [-0.2, 0) is 4.79 Å². The van der Waals surface area contributed by atoms with Crippen molar-refractivity contribution in [2.45, 2.75) is 31.7 Å². The molecule has 41 heavy (non-hydrogen) atoms. The molecule has 2 saturated heterocycles. The second-order valence-electron chi connectivity index (χ2n) is 10.0. The zero-order chi connectivity index (χ0) is 29.2. The van der Waals surface area contributed by atoms with Gasteiger partial charge in [-0.15, -0.1) is 0 Å². The number of anilines is 4. The minimum Gasteiger partial charge on any atom is -0.494 e. The third-order valence-corrected chi connectivity index (χ3v) is 7.68. The second kappa shape index (κ2) is 14.3. The molecule has 2 aliphatic heterocycles. The van der Waals surface area contributed by atoms with Crippen LogP contribution in [0.1, 0.15) is 36.8 Å². The fourth-order valence-electron chi connectivity index (χ4n) is 5.53. The van der Waals surface area contributed by atoms with E-state index < -0.39 is 0 Å². The molecule has 4 rings (SSSR count). The number of allylic oxidation sites excluding steroid dienone is 1. The van der Waals surface area contributed by atoms with Crippen molar-refractivity contribution < 1.29 is 9.53 Å². The Bertz CT molecular complexity index is 1320. The summed E-state index contributed by atoms with van der Waals surface area (Å²) in [6.07, 6.45) is 11.8. The molecule has 0 unspecified atom stereocenters. The number of likely N-dealkylation sites (tertiary alicyclic amines) is 1. The SMILES string of the molecule is C=CC(=O)Nc1cc(N/C=C/C(=N\C=N)c2ccc(C=N)c(NC)c2)c(OC)cc1N1CCC(N2CCCC2)CC1. The predicted molar refractivity (Wildman–Crippen MR) is 170 cm³/mol. The van der Waals surface area contributed by atoms with Crippen molar-refractivity contribution >= 4 is 46.9 Å². The summed E-state index contributed by atoms with van der Waals surface area (Å²) in [5.41, 5.74) is 5.18. The highest BCUT2D eigenvalue weighted by atomic mass is 16.5. The number of carbonyl (C=O) groups is 1. The number of benzene rings is 2. The molecule has 0 saturated carbocycles. The maximum Gasteiger partial charge on any atom is 0.247 e. The lowest BCUT2D eigenvalue weighted by Gasteiger charge is -2.38. The number of piperidine rings is 1. The molecular weight excluding hydrogens is 516 g/mol. The van der Waals surface area contributed by atoms with Crippen LogP contribution in [0.25, 0.3) is 0 Å². The molecule has 2 aromatic rings. The van der Waals surface area contributed by atoms with Gasteiger partial charge in [0, 0.05) is 61.5 Å². The topological polar surface area (TPSA) is 129 Å². The molecule has 0 spiro atoms. The monoisotopic (exact) mass is 556 g/mol. The molecule has 1 amide bonds. The number of nitrogens with one attached hydrogen (secondary N) is 5. The van der Waals surface area contributed by atoms with E-state index >= 15 is 0 Å². The first-order valence-corrected chi connectivity index (χ1v) is 14.0. The number of nitrogens with zero attached hydrogens (tertiary/aromatic N) is 3. The van der Waals surface area contributed by atoms with Crippen molar-refractivity contribution in [1.82, 2.24) is 4.90 Å². The van der Waals surface area contributed by atoms with Gasteiger partial charge in [0.2, 0.25) is 5.91 Å². The summed E-state index contributed by atoms with van der Waals surface area (Å²) in [7, 11) is 3.42. The van der Waals surface area contributed by atoms with Crippen LogP contribution in [0.2, 0.25) is 0 Å². The van der Waals surface area contributed by atoms with Crippen molar-refractivity contribution in [3.8, 4) is 5.75 Å². The highest BCUT2D eigenvalue weighted by Gasteiger charge is 2.28. The normalized spacial score (nSPS) is 16.4. The minimum atomic E-state index is -0.279. The zero-order valence-electron chi connectivity index (χ0n) is 23.9. The third kappa shape index (κ3) is 7.20. The molecule has 2 heterocycles. The molecule has 2 aromatic carbocycles. The van der Waals surface area contributed by atoms with Gasteiger partial charge in [-0.25, -0.2) is 4.99 Å². The molecule has 5 N–H and O–H groups in total. The van der Waals surface area contributed by atoms with Crippen LogP contribution in [0.4, 0.5) is 22.7 Å². The van der Waals surface area contributed by atoms with Crippen LogP contribution in [0.15, 0.2) is 60.3 Å². The van der Waals surface area contributed by atoms with Crippen LogP contribution in [-0.4, -0.2) is 75.5 Å². The zero-order valence-corrected chi connectivity index (χ0v) is 23.9. The number of carbonyl (C=O) groups excluding carboxylic acids is 1. The Hall–Kier alpha value is -4.44. The van der Waals surface area contributed by atoms with Crippen LogP contribution < -0.4 is 25.6 Å². The molecule has 216 valence electrons. The molecule has 10 nitrogen and oxygen atoms in total. The third-order valence-electron chi connectivity index (χ3n) is 7.68. The largest absolute Gasteiger partial charge is 0.494 e. The van der Waals surface area contributed by atoms with E-state index in [0.29, 0.717) is 28.9 Å². The van der Waals surface area contributed by atoms with Gasteiger partial charge in [-0.2, -0.15) is 0 Å². The lowest BCUT2D eigenvalue weighted by Crippen LogP contribution is -2.44. The van der Waals surface area contributed by atoms with E-state index in [1.165, 1.54) is 38.2 Å². The van der Waals surface area contributed by atoms with Crippen molar-refractivity contribution in [1.29, 1.82) is 10.8 Å². The molecule has 0 aliphatic carbocycles. The van der Waals surface area contributed by atoms with E-state index in [0.717, 1.165) is 54.8 Å². The summed E-state index contributed by atoms with van der Waals surface area (Å²) < 4.78 is 5.75. The summed E-state index contributed by atoms with van der Waals surface area (Å²) in [5.74, 6) is 0.361. The van der Waals surface area contributed by atoms with Gasteiger partial charge in [-0.1, -0.05) is 18.7 Å². The minimum absolute atomic E-state index is 0.279. The van der Waals surface area contributed by atoms with E-state index in [2.05, 4.69) is 37.3 Å².